The molecule has 3 N–H and O–H groups in total. The van der Waals surface area contributed by atoms with Crippen LogP contribution in [0.15, 0.2) is 0 Å². The minimum Gasteiger partial charge on any atom is -0.481 e. The number of hydrogen-bond donors (Lipinski definition) is 2. The van der Waals surface area contributed by atoms with Crippen molar-refractivity contribution in [3.63, 3.8) is 0 Å². The van der Waals surface area contributed by atoms with Gasteiger partial charge < -0.3 is 10.8 Å². The summed E-state index contributed by atoms with van der Waals surface area (Å²) in [6.07, 6.45) is 12.1. The lowest BCUT2D eigenvalue weighted by atomic mass is 10.1. The molecule has 18 heavy (non-hydrogen) atoms. The highest BCUT2D eigenvalue weighted by atomic mass is 32.2. The largest absolute Gasteiger partial charge is 0.481 e. The topological polar surface area (TPSA) is 63.3 Å². The van der Waals surface area contributed by atoms with Gasteiger partial charge in [0.25, 0.3) is 0 Å². The van der Waals surface area contributed by atoms with E-state index in [2.05, 4.69) is 6.92 Å². The molecule has 0 amide bonds. The van der Waals surface area contributed by atoms with Crippen LogP contribution in [0.1, 0.15) is 64.7 Å². The molecule has 0 heterocycles. The highest BCUT2D eigenvalue weighted by Crippen LogP contribution is 2.09. The van der Waals surface area contributed by atoms with E-state index < -0.39 is 5.97 Å². The van der Waals surface area contributed by atoms with Crippen molar-refractivity contribution >= 4 is 17.7 Å². The highest BCUT2D eigenvalue weighted by Gasteiger charge is 1.95. The predicted molar refractivity (Wildman–Crippen MR) is 82.3 cm³/mol. The zero-order valence-corrected chi connectivity index (χ0v) is 12.9. The minimum atomic E-state index is -0.661. The lowest BCUT2D eigenvalue weighted by Gasteiger charge is -1.99. The molecule has 4 heteroatoms. The highest BCUT2D eigenvalue weighted by molar-refractivity contribution is 7.98. The van der Waals surface area contributed by atoms with E-state index in [1.807, 2.05) is 6.26 Å². The fourth-order valence-electron chi connectivity index (χ4n) is 1.53. The maximum Gasteiger partial charge on any atom is 0.303 e. The molecule has 3 nitrogen and oxygen atoms in total. The Kier molecular flexibility index (Phi) is 21.4. The van der Waals surface area contributed by atoms with Gasteiger partial charge >= 0.3 is 5.97 Å². The molecule has 0 bridgehead atoms. The Hall–Kier alpha value is -0.220. The van der Waals surface area contributed by atoms with Crippen molar-refractivity contribution in [3.8, 4) is 0 Å². The zero-order valence-electron chi connectivity index (χ0n) is 12.1. The molecule has 0 unspecified atom stereocenters. The molecule has 0 aliphatic rings. The quantitative estimate of drug-likeness (QED) is 0.562. The number of carboxylic acids is 1. The first-order valence-electron chi connectivity index (χ1n) is 7.09. The van der Waals surface area contributed by atoms with E-state index in [1.54, 1.807) is 11.8 Å². The zero-order chi connectivity index (χ0) is 14.1. The van der Waals surface area contributed by atoms with E-state index in [4.69, 9.17) is 10.8 Å². The molecular weight excluding hydrogens is 246 g/mol. The van der Waals surface area contributed by atoms with Crippen molar-refractivity contribution in [1.29, 1.82) is 0 Å². The molecule has 0 aliphatic carbocycles. The monoisotopic (exact) mass is 277 g/mol. The van der Waals surface area contributed by atoms with E-state index in [-0.39, 0.29) is 0 Å². The van der Waals surface area contributed by atoms with Gasteiger partial charge in [-0.2, -0.15) is 11.8 Å². The smallest absolute Gasteiger partial charge is 0.303 e. The second kappa shape index (κ2) is 19.1. The number of hydrogen-bond acceptors (Lipinski definition) is 3. The summed E-state index contributed by atoms with van der Waals surface area (Å²) in [5.74, 6) is 0.422. The third-order valence-corrected chi connectivity index (χ3v) is 3.21. The van der Waals surface area contributed by atoms with E-state index >= 15 is 0 Å². The number of carboxylic acid groups (broad SMARTS) is 1. The number of thioether (sulfide) groups is 1. The van der Waals surface area contributed by atoms with Crippen LogP contribution < -0.4 is 5.73 Å². The van der Waals surface area contributed by atoms with E-state index in [1.165, 1.54) is 38.5 Å². The fraction of sp³-hybridized carbons (Fsp3) is 0.929. The summed E-state index contributed by atoms with van der Waals surface area (Å²) in [5, 5.41) is 8.39. The summed E-state index contributed by atoms with van der Waals surface area (Å²) in [7, 11) is 0. The van der Waals surface area contributed by atoms with Gasteiger partial charge in [-0.1, -0.05) is 51.9 Å². The van der Waals surface area contributed by atoms with Crippen LogP contribution in [0.2, 0.25) is 0 Å². The van der Waals surface area contributed by atoms with Crippen LogP contribution in [0.25, 0.3) is 0 Å². The summed E-state index contributed by atoms with van der Waals surface area (Å²) in [4.78, 5) is 10.2. The lowest BCUT2D eigenvalue weighted by molar-refractivity contribution is -0.137. The van der Waals surface area contributed by atoms with Gasteiger partial charge in [0.05, 0.1) is 0 Å². The van der Waals surface area contributed by atoms with E-state index in [9.17, 15) is 4.79 Å². The van der Waals surface area contributed by atoms with Gasteiger partial charge in [0.2, 0.25) is 0 Å². The molecule has 0 radical (unpaired) electrons. The van der Waals surface area contributed by atoms with Crippen molar-refractivity contribution in [2.24, 2.45) is 5.73 Å². The number of aliphatic carboxylic acids is 1. The second-order valence-corrected chi connectivity index (χ2v) is 5.39. The minimum absolute atomic E-state index is 0.342. The van der Waals surface area contributed by atoms with Gasteiger partial charge in [0.15, 0.2) is 0 Å². The molecule has 0 saturated heterocycles. The summed E-state index contributed by atoms with van der Waals surface area (Å²) in [6.45, 7) is 3.02. The number of unbranched alkanes of at least 4 members (excludes halogenated alkanes) is 7. The Labute approximate surface area is 117 Å². The van der Waals surface area contributed by atoms with Crippen LogP contribution in [0, 0.1) is 0 Å². The number of nitrogens with two attached hydrogens (primary N) is 1. The van der Waals surface area contributed by atoms with Crippen LogP contribution >= 0.6 is 11.8 Å². The Morgan fingerprint density at radius 3 is 1.89 bits per heavy atom. The van der Waals surface area contributed by atoms with Crippen molar-refractivity contribution in [2.75, 3.05) is 18.6 Å². The van der Waals surface area contributed by atoms with Crippen LogP contribution in [0.3, 0.4) is 0 Å². The van der Waals surface area contributed by atoms with Crippen LogP contribution in [-0.4, -0.2) is 29.6 Å². The maximum absolute atomic E-state index is 10.2. The van der Waals surface area contributed by atoms with Gasteiger partial charge in [-0.05, 0) is 12.7 Å². The fourth-order valence-corrected chi connectivity index (χ4v) is 1.76. The molecule has 110 valence electrons. The van der Waals surface area contributed by atoms with Gasteiger partial charge in [-0.15, -0.1) is 0 Å². The molecule has 0 aromatic carbocycles. The van der Waals surface area contributed by atoms with Crippen molar-refractivity contribution in [2.45, 2.75) is 64.7 Å². The molecule has 0 aromatic heterocycles. The average molecular weight is 277 g/mol. The van der Waals surface area contributed by atoms with Crippen LogP contribution in [0.4, 0.5) is 0 Å². The summed E-state index contributed by atoms with van der Waals surface area (Å²) in [6, 6.07) is 0. The first-order chi connectivity index (χ1) is 8.68. The lowest BCUT2D eigenvalue weighted by Crippen LogP contribution is -1.99. The normalized spacial score (nSPS) is 9.72. The summed E-state index contributed by atoms with van der Waals surface area (Å²) in [5.41, 5.74) is 5.12. The molecule has 0 spiro atoms. The Morgan fingerprint density at radius 1 is 1.06 bits per heavy atom. The molecule has 0 fully saturated rings. The Morgan fingerprint density at radius 2 is 1.56 bits per heavy atom. The standard InChI is InChI=1S/C11H22O2.C3H9NS/c1-2-3-4-5-6-7-8-9-10-11(12)13;1-5-3-2-4/h2-10H2,1H3,(H,12,13);2-4H2,1H3. The predicted octanol–water partition coefficient (Wildman–Crippen LogP) is 3.91. The van der Waals surface area contributed by atoms with Gasteiger partial charge in [0.1, 0.15) is 0 Å². The maximum atomic E-state index is 10.2. The number of carbonyl (C=O) groups is 1. The summed E-state index contributed by atoms with van der Waals surface area (Å²) < 4.78 is 0. The van der Waals surface area contributed by atoms with Crippen LogP contribution in [-0.2, 0) is 4.79 Å². The Balaban J connectivity index is 0. The molecule has 0 rings (SSSR count). The molecule has 0 saturated carbocycles. The van der Waals surface area contributed by atoms with Crippen molar-refractivity contribution < 1.29 is 9.90 Å². The third-order valence-electron chi connectivity index (χ3n) is 2.57. The second-order valence-electron chi connectivity index (χ2n) is 4.40. The average Bonchev–Trinajstić information content (AvgIpc) is 2.34. The summed E-state index contributed by atoms with van der Waals surface area (Å²) >= 11 is 1.78. The van der Waals surface area contributed by atoms with Gasteiger partial charge in [-0.3, -0.25) is 4.79 Å². The first-order valence-corrected chi connectivity index (χ1v) is 8.49. The van der Waals surface area contributed by atoms with Gasteiger partial charge in [-0.25, -0.2) is 0 Å². The SMILES string of the molecule is CCCCCCCCCCC(=O)O.CSCCN. The van der Waals surface area contributed by atoms with Crippen molar-refractivity contribution in [1.82, 2.24) is 0 Å². The molecular formula is C14H31NO2S. The van der Waals surface area contributed by atoms with Gasteiger partial charge in [0, 0.05) is 18.7 Å². The Bertz CT molecular complexity index is 164. The van der Waals surface area contributed by atoms with Crippen molar-refractivity contribution in [3.05, 3.63) is 0 Å². The molecule has 0 aliphatic heterocycles. The van der Waals surface area contributed by atoms with Crippen LogP contribution in [0.5, 0.6) is 0 Å². The number of rotatable bonds is 11. The molecule has 0 atom stereocenters. The first kappa shape index (κ1) is 20.1. The third kappa shape index (κ3) is 24.8. The molecule has 0 aromatic rings. The van der Waals surface area contributed by atoms with E-state index in [0.717, 1.165) is 25.1 Å². The van der Waals surface area contributed by atoms with E-state index in [0.29, 0.717) is 6.42 Å².